The number of hydrogen-bond acceptors (Lipinski definition) is 3. The monoisotopic (exact) mass is 227 g/mol. The van der Waals surface area contributed by atoms with Gasteiger partial charge in [-0.3, -0.25) is 14.5 Å². The van der Waals surface area contributed by atoms with E-state index in [1.165, 1.54) is 0 Å². The molecule has 16 heavy (non-hydrogen) atoms. The molecule has 5 heteroatoms. The average Bonchev–Trinajstić information content (AvgIpc) is 2.47. The first-order valence-corrected chi connectivity index (χ1v) is 5.61. The molecule has 1 rings (SSSR count). The molecule has 0 spiro atoms. The van der Waals surface area contributed by atoms with E-state index < -0.39 is 12.0 Å². The Kier molecular flexibility index (Phi) is 4.04. The maximum absolute atomic E-state index is 11.9. The smallest absolute Gasteiger partial charge is 0.326 e. The van der Waals surface area contributed by atoms with E-state index in [1.807, 2.05) is 6.92 Å². The molecule has 2 amide bonds. The molecule has 1 aliphatic rings. The number of likely N-dealkylation sites (tertiary alicyclic amines) is 1. The summed E-state index contributed by atoms with van der Waals surface area (Å²) >= 11 is 0. The van der Waals surface area contributed by atoms with Crippen molar-refractivity contribution in [2.45, 2.75) is 45.6 Å². The number of rotatable bonds is 5. The van der Waals surface area contributed by atoms with E-state index in [2.05, 4.69) is 0 Å². The number of amides is 2. The molecule has 90 valence electrons. The lowest BCUT2D eigenvalue weighted by molar-refractivity contribution is -0.154. The number of carboxylic acids is 1. The van der Waals surface area contributed by atoms with Gasteiger partial charge in [0.25, 0.3) is 0 Å². The zero-order chi connectivity index (χ0) is 12.3. The molecule has 0 saturated carbocycles. The van der Waals surface area contributed by atoms with E-state index in [1.54, 1.807) is 6.92 Å². The molecule has 1 heterocycles. The van der Waals surface area contributed by atoms with E-state index in [0.29, 0.717) is 6.42 Å². The highest BCUT2D eigenvalue weighted by Crippen LogP contribution is 2.26. The van der Waals surface area contributed by atoms with Gasteiger partial charge in [0.2, 0.25) is 11.8 Å². The maximum Gasteiger partial charge on any atom is 0.326 e. The highest BCUT2D eigenvalue weighted by atomic mass is 16.4. The largest absolute Gasteiger partial charge is 0.480 e. The van der Waals surface area contributed by atoms with Crippen molar-refractivity contribution >= 4 is 17.8 Å². The minimum Gasteiger partial charge on any atom is -0.480 e. The number of imide groups is 1. The zero-order valence-electron chi connectivity index (χ0n) is 9.60. The SMILES string of the molecule is CCC[C@H]1CC(=O)N([C@@H](CC)C(=O)O)C1=O. The van der Waals surface area contributed by atoms with Crippen LogP contribution in [0, 0.1) is 5.92 Å². The number of nitrogens with zero attached hydrogens (tertiary/aromatic N) is 1. The lowest BCUT2D eigenvalue weighted by atomic mass is 10.0. The summed E-state index contributed by atoms with van der Waals surface area (Å²) in [5.74, 6) is -2.09. The second-order valence-electron chi connectivity index (χ2n) is 4.05. The van der Waals surface area contributed by atoms with Gasteiger partial charge in [-0.1, -0.05) is 20.3 Å². The van der Waals surface area contributed by atoms with Crippen LogP contribution in [-0.4, -0.2) is 33.8 Å². The predicted octanol–water partition coefficient (Wildman–Crippen LogP) is 1.02. The fourth-order valence-electron chi connectivity index (χ4n) is 2.09. The first kappa shape index (κ1) is 12.7. The fraction of sp³-hybridized carbons (Fsp3) is 0.727. The first-order chi connectivity index (χ1) is 7.52. The van der Waals surface area contributed by atoms with Crippen LogP contribution < -0.4 is 0 Å². The Balaban J connectivity index is 2.84. The molecule has 1 fully saturated rings. The van der Waals surface area contributed by atoms with Gasteiger partial charge in [-0.2, -0.15) is 0 Å². The van der Waals surface area contributed by atoms with Gasteiger partial charge in [0, 0.05) is 12.3 Å². The van der Waals surface area contributed by atoms with E-state index in [-0.39, 0.29) is 30.6 Å². The molecule has 0 aliphatic carbocycles. The van der Waals surface area contributed by atoms with Crippen LogP contribution in [-0.2, 0) is 14.4 Å². The van der Waals surface area contributed by atoms with Crippen LogP contribution in [0.1, 0.15) is 39.5 Å². The van der Waals surface area contributed by atoms with Crippen molar-refractivity contribution in [1.29, 1.82) is 0 Å². The minimum atomic E-state index is -1.11. The van der Waals surface area contributed by atoms with Crippen molar-refractivity contribution in [1.82, 2.24) is 4.90 Å². The molecule has 0 aromatic rings. The summed E-state index contributed by atoms with van der Waals surface area (Å²) in [5, 5.41) is 8.94. The van der Waals surface area contributed by atoms with Crippen LogP contribution in [0.3, 0.4) is 0 Å². The lowest BCUT2D eigenvalue weighted by Crippen LogP contribution is -2.44. The Labute approximate surface area is 94.4 Å². The van der Waals surface area contributed by atoms with Crippen LogP contribution in [0.5, 0.6) is 0 Å². The summed E-state index contributed by atoms with van der Waals surface area (Å²) in [6.45, 7) is 3.60. The minimum absolute atomic E-state index is 0.163. The third-order valence-electron chi connectivity index (χ3n) is 2.90. The van der Waals surface area contributed by atoms with Crippen molar-refractivity contribution in [3.8, 4) is 0 Å². The maximum atomic E-state index is 11.9. The molecule has 0 bridgehead atoms. The van der Waals surface area contributed by atoms with Gasteiger partial charge in [-0.25, -0.2) is 4.79 Å². The fourth-order valence-corrected chi connectivity index (χ4v) is 2.09. The number of hydrogen-bond donors (Lipinski definition) is 1. The summed E-state index contributed by atoms with van der Waals surface area (Å²) in [7, 11) is 0. The van der Waals surface area contributed by atoms with Crippen LogP contribution >= 0.6 is 0 Å². The van der Waals surface area contributed by atoms with Gasteiger partial charge in [-0.05, 0) is 12.8 Å². The summed E-state index contributed by atoms with van der Waals surface area (Å²) in [4.78, 5) is 35.3. The van der Waals surface area contributed by atoms with Crippen LogP contribution in [0.2, 0.25) is 0 Å². The van der Waals surface area contributed by atoms with Crippen LogP contribution in [0.25, 0.3) is 0 Å². The Morgan fingerprint density at radius 3 is 2.56 bits per heavy atom. The van der Waals surface area contributed by atoms with Crippen molar-refractivity contribution in [3.05, 3.63) is 0 Å². The number of carboxylic acid groups (broad SMARTS) is 1. The zero-order valence-corrected chi connectivity index (χ0v) is 9.60. The molecule has 0 aromatic heterocycles. The molecule has 1 saturated heterocycles. The molecule has 0 unspecified atom stereocenters. The average molecular weight is 227 g/mol. The summed E-state index contributed by atoms with van der Waals surface area (Å²) in [5.41, 5.74) is 0. The first-order valence-electron chi connectivity index (χ1n) is 5.61. The molecular formula is C11H17NO4. The molecule has 0 aromatic carbocycles. The molecule has 1 aliphatic heterocycles. The van der Waals surface area contributed by atoms with E-state index in [4.69, 9.17) is 5.11 Å². The molecule has 2 atom stereocenters. The third kappa shape index (κ3) is 2.23. The summed E-state index contributed by atoms with van der Waals surface area (Å²) in [6.07, 6.45) is 1.89. The van der Waals surface area contributed by atoms with Crippen molar-refractivity contribution in [2.75, 3.05) is 0 Å². The highest BCUT2D eigenvalue weighted by molar-refractivity contribution is 6.06. The van der Waals surface area contributed by atoms with Gasteiger partial charge < -0.3 is 5.11 Å². The van der Waals surface area contributed by atoms with Crippen molar-refractivity contribution in [2.24, 2.45) is 5.92 Å². The Morgan fingerprint density at radius 2 is 2.12 bits per heavy atom. The van der Waals surface area contributed by atoms with Gasteiger partial charge >= 0.3 is 5.97 Å². The highest BCUT2D eigenvalue weighted by Gasteiger charge is 2.43. The van der Waals surface area contributed by atoms with E-state index in [9.17, 15) is 14.4 Å². The van der Waals surface area contributed by atoms with Gasteiger partial charge in [0.05, 0.1) is 0 Å². The normalized spacial score (nSPS) is 22.6. The molecule has 1 N–H and O–H groups in total. The third-order valence-corrected chi connectivity index (χ3v) is 2.90. The number of carbonyl (C=O) groups excluding carboxylic acids is 2. The Bertz CT molecular complexity index is 313. The quantitative estimate of drug-likeness (QED) is 0.712. The van der Waals surface area contributed by atoms with Crippen LogP contribution in [0.4, 0.5) is 0 Å². The van der Waals surface area contributed by atoms with E-state index >= 15 is 0 Å². The van der Waals surface area contributed by atoms with Crippen LogP contribution in [0.15, 0.2) is 0 Å². The lowest BCUT2D eigenvalue weighted by Gasteiger charge is -2.21. The molecular weight excluding hydrogens is 210 g/mol. The van der Waals surface area contributed by atoms with Gasteiger partial charge in [0.15, 0.2) is 0 Å². The summed E-state index contributed by atoms with van der Waals surface area (Å²) < 4.78 is 0. The van der Waals surface area contributed by atoms with Crippen molar-refractivity contribution in [3.63, 3.8) is 0 Å². The predicted molar refractivity (Wildman–Crippen MR) is 56.6 cm³/mol. The number of carbonyl (C=O) groups is 3. The number of aliphatic carboxylic acids is 1. The second kappa shape index (κ2) is 5.09. The summed E-state index contributed by atoms with van der Waals surface area (Å²) in [6, 6.07) is -0.998. The van der Waals surface area contributed by atoms with Gasteiger partial charge in [-0.15, -0.1) is 0 Å². The topological polar surface area (TPSA) is 74.7 Å². The second-order valence-corrected chi connectivity index (χ2v) is 4.05. The Hall–Kier alpha value is -1.39. The van der Waals surface area contributed by atoms with E-state index in [0.717, 1.165) is 11.3 Å². The van der Waals surface area contributed by atoms with Gasteiger partial charge in [0.1, 0.15) is 6.04 Å². The standard InChI is InChI=1S/C11H17NO4/c1-3-5-7-6-9(13)12(10(7)14)8(4-2)11(15)16/h7-8H,3-6H2,1-2H3,(H,15,16)/t7-,8-/m0/s1. The Morgan fingerprint density at radius 1 is 1.50 bits per heavy atom. The molecule has 0 radical (unpaired) electrons. The molecule has 5 nitrogen and oxygen atoms in total. The van der Waals surface area contributed by atoms with Crippen molar-refractivity contribution < 1.29 is 19.5 Å².